The average molecular weight is 411 g/mol. The molecule has 8 nitrogen and oxygen atoms in total. The number of non-ortho nitro benzene ring substituents is 1. The van der Waals surface area contributed by atoms with Gasteiger partial charge in [-0.25, -0.2) is 8.42 Å². The maximum Gasteiger partial charge on any atom is 0.270 e. The Morgan fingerprint density at radius 3 is 2.31 bits per heavy atom. The maximum atomic E-state index is 12.9. The molecule has 0 atom stereocenters. The van der Waals surface area contributed by atoms with Crippen LogP contribution in [0.3, 0.4) is 0 Å². The summed E-state index contributed by atoms with van der Waals surface area (Å²) in [5.74, 6) is -0.495. The minimum absolute atomic E-state index is 0.0619. The Labute approximate surface area is 167 Å². The number of nitro benzene ring substituents is 1. The first-order chi connectivity index (χ1) is 13.8. The van der Waals surface area contributed by atoms with E-state index in [1.165, 1.54) is 31.2 Å². The highest BCUT2D eigenvalue weighted by molar-refractivity contribution is 7.92. The second-order valence-electron chi connectivity index (χ2n) is 6.18. The fourth-order valence-corrected chi connectivity index (χ4v) is 4.03. The molecule has 9 heteroatoms. The molecule has 0 aliphatic rings. The van der Waals surface area contributed by atoms with Crippen molar-refractivity contribution in [2.75, 3.05) is 10.0 Å². The van der Waals surface area contributed by atoms with E-state index in [1.54, 1.807) is 42.5 Å². The van der Waals surface area contributed by atoms with Crippen LogP contribution in [0.4, 0.5) is 17.1 Å². The molecule has 0 saturated carbocycles. The highest BCUT2D eigenvalue weighted by Crippen LogP contribution is 2.26. The zero-order chi connectivity index (χ0) is 21.0. The Balaban J connectivity index is 1.94. The number of hydrogen-bond donors (Lipinski definition) is 2. The second-order valence-corrected chi connectivity index (χ2v) is 7.83. The number of nitro groups is 1. The topological polar surface area (TPSA) is 118 Å². The van der Waals surface area contributed by atoms with Gasteiger partial charge < -0.3 is 5.32 Å². The summed E-state index contributed by atoms with van der Waals surface area (Å²) in [4.78, 5) is 22.7. The van der Waals surface area contributed by atoms with Crippen LogP contribution >= 0.6 is 0 Å². The van der Waals surface area contributed by atoms with Crippen LogP contribution in [0.5, 0.6) is 0 Å². The van der Waals surface area contributed by atoms with Crippen molar-refractivity contribution in [3.63, 3.8) is 0 Å². The van der Waals surface area contributed by atoms with E-state index in [2.05, 4.69) is 10.0 Å². The lowest BCUT2D eigenvalue weighted by atomic mass is 10.1. The number of nitrogens with one attached hydrogen (secondary N) is 2. The Morgan fingerprint density at radius 1 is 0.966 bits per heavy atom. The van der Waals surface area contributed by atoms with Gasteiger partial charge >= 0.3 is 0 Å². The first-order valence-electron chi connectivity index (χ1n) is 8.51. The second kappa shape index (κ2) is 8.11. The summed E-state index contributed by atoms with van der Waals surface area (Å²) in [6, 6.07) is 18.4. The van der Waals surface area contributed by atoms with Gasteiger partial charge in [-0.2, -0.15) is 0 Å². The molecule has 0 unspecified atom stereocenters. The lowest BCUT2D eigenvalue weighted by Gasteiger charge is -2.14. The van der Waals surface area contributed by atoms with Crippen molar-refractivity contribution < 1.29 is 18.1 Å². The summed E-state index contributed by atoms with van der Waals surface area (Å²) in [7, 11) is -4.16. The number of rotatable bonds is 6. The number of nitrogens with zero attached hydrogens (tertiary/aromatic N) is 1. The molecule has 0 heterocycles. The largest absolute Gasteiger partial charge is 0.322 e. The monoisotopic (exact) mass is 411 g/mol. The van der Waals surface area contributed by atoms with Crippen LogP contribution in [0, 0.1) is 17.0 Å². The third kappa shape index (κ3) is 4.58. The molecule has 148 valence electrons. The van der Waals surface area contributed by atoms with E-state index < -0.39 is 20.9 Å². The Morgan fingerprint density at radius 2 is 1.62 bits per heavy atom. The quantitative estimate of drug-likeness (QED) is 0.470. The van der Waals surface area contributed by atoms with Gasteiger partial charge in [-0.1, -0.05) is 36.4 Å². The molecule has 2 N–H and O–H groups in total. The molecule has 29 heavy (non-hydrogen) atoms. The molecule has 0 aliphatic heterocycles. The highest BCUT2D eigenvalue weighted by Gasteiger charge is 2.23. The van der Waals surface area contributed by atoms with Crippen LogP contribution in [0.25, 0.3) is 0 Å². The van der Waals surface area contributed by atoms with Crippen LogP contribution in [0.2, 0.25) is 0 Å². The van der Waals surface area contributed by atoms with Crippen molar-refractivity contribution in [1.29, 1.82) is 0 Å². The van der Waals surface area contributed by atoms with Gasteiger partial charge in [0.25, 0.3) is 21.6 Å². The zero-order valence-electron chi connectivity index (χ0n) is 15.3. The molecule has 0 fully saturated rings. The molecule has 0 saturated heterocycles. The highest BCUT2D eigenvalue weighted by atomic mass is 32.2. The van der Waals surface area contributed by atoms with E-state index in [-0.39, 0.29) is 21.8 Å². The van der Waals surface area contributed by atoms with Gasteiger partial charge in [0.2, 0.25) is 0 Å². The molecule has 3 aromatic carbocycles. The van der Waals surface area contributed by atoms with Crippen molar-refractivity contribution >= 4 is 33.0 Å². The van der Waals surface area contributed by atoms with Crippen LogP contribution < -0.4 is 10.0 Å². The molecule has 3 aromatic rings. The SMILES string of the molecule is Cc1ccc([N+](=O)[O-])cc1S(=O)(=O)Nc1ccccc1C(=O)Nc1ccccc1. The van der Waals surface area contributed by atoms with Crippen LogP contribution in [-0.4, -0.2) is 19.2 Å². The number of benzene rings is 3. The van der Waals surface area contributed by atoms with Crippen LogP contribution in [0.1, 0.15) is 15.9 Å². The van der Waals surface area contributed by atoms with Crippen LogP contribution in [0.15, 0.2) is 77.7 Å². The van der Waals surface area contributed by atoms with Crippen LogP contribution in [-0.2, 0) is 10.0 Å². The Kier molecular flexibility index (Phi) is 5.60. The molecule has 0 bridgehead atoms. The van der Waals surface area contributed by atoms with E-state index in [0.29, 0.717) is 11.3 Å². The van der Waals surface area contributed by atoms with E-state index in [9.17, 15) is 23.3 Å². The molecule has 3 rings (SSSR count). The number of sulfonamides is 1. The van der Waals surface area contributed by atoms with E-state index >= 15 is 0 Å². The zero-order valence-corrected chi connectivity index (χ0v) is 16.1. The van der Waals surface area contributed by atoms with E-state index in [0.717, 1.165) is 6.07 Å². The summed E-state index contributed by atoms with van der Waals surface area (Å²) in [6.45, 7) is 1.53. The van der Waals surface area contributed by atoms with Crippen molar-refractivity contribution in [3.05, 3.63) is 94.0 Å². The number of hydrogen-bond acceptors (Lipinski definition) is 5. The molecule has 0 aliphatic carbocycles. The molecule has 1 amide bonds. The van der Waals surface area contributed by atoms with Crippen molar-refractivity contribution in [2.24, 2.45) is 0 Å². The standard InChI is InChI=1S/C20H17N3O5S/c1-14-11-12-16(23(25)26)13-19(14)29(27,28)22-18-10-6-5-9-17(18)20(24)21-15-7-3-2-4-8-15/h2-13,22H,1H3,(H,21,24). The number of aryl methyl sites for hydroxylation is 1. The summed E-state index contributed by atoms with van der Waals surface area (Å²) >= 11 is 0. The summed E-state index contributed by atoms with van der Waals surface area (Å²) in [6.07, 6.45) is 0. The number of anilines is 2. The van der Waals surface area contributed by atoms with Gasteiger partial charge in [0, 0.05) is 17.8 Å². The first-order valence-corrected chi connectivity index (χ1v) is 9.99. The van der Waals surface area contributed by atoms with Gasteiger partial charge in [-0.3, -0.25) is 19.6 Å². The lowest BCUT2D eigenvalue weighted by Crippen LogP contribution is -2.19. The molecule has 0 spiro atoms. The van der Waals surface area contributed by atoms with Crippen molar-refractivity contribution in [3.8, 4) is 0 Å². The summed E-state index contributed by atoms with van der Waals surface area (Å²) < 4.78 is 28.1. The van der Waals surface area contributed by atoms with Gasteiger partial charge in [-0.15, -0.1) is 0 Å². The van der Waals surface area contributed by atoms with Gasteiger partial charge in [0.05, 0.1) is 21.1 Å². The number of amides is 1. The van der Waals surface area contributed by atoms with E-state index in [1.807, 2.05) is 0 Å². The summed E-state index contributed by atoms with van der Waals surface area (Å²) in [5, 5.41) is 13.7. The van der Waals surface area contributed by atoms with Gasteiger partial charge in [0.15, 0.2) is 0 Å². The van der Waals surface area contributed by atoms with Gasteiger partial charge in [-0.05, 0) is 36.8 Å². The fraction of sp³-hybridized carbons (Fsp3) is 0.0500. The summed E-state index contributed by atoms with van der Waals surface area (Å²) in [5.41, 5.74) is 0.736. The minimum Gasteiger partial charge on any atom is -0.322 e. The third-order valence-corrected chi connectivity index (χ3v) is 5.63. The lowest BCUT2D eigenvalue weighted by molar-refractivity contribution is -0.385. The third-order valence-electron chi connectivity index (χ3n) is 4.12. The Bertz CT molecular complexity index is 1180. The number of carbonyl (C=O) groups is 1. The predicted molar refractivity (Wildman–Crippen MR) is 109 cm³/mol. The smallest absolute Gasteiger partial charge is 0.270 e. The Hall–Kier alpha value is -3.72. The fourth-order valence-electron chi connectivity index (χ4n) is 2.68. The number of carbonyl (C=O) groups excluding carboxylic acids is 1. The molecular weight excluding hydrogens is 394 g/mol. The van der Waals surface area contributed by atoms with Crippen molar-refractivity contribution in [2.45, 2.75) is 11.8 Å². The van der Waals surface area contributed by atoms with E-state index in [4.69, 9.17) is 0 Å². The maximum absolute atomic E-state index is 12.9. The first kappa shape index (κ1) is 20.0. The average Bonchev–Trinajstić information content (AvgIpc) is 2.68. The molecule has 0 radical (unpaired) electrons. The normalized spacial score (nSPS) is 10.9. The minimum atomic E-state index is -4.16. The van der Waals surface area contributed by atoms with Crippen molar-refractivity contribution in [1.82, 2.24) is 0 Å². The predicted octanol–water partition coefficient (Wildman–Crippen LogP) is 3.96. The van der Waals surface area contributed by atoms with Gasteiger partial charge in [0.1, 0.15) is 0 Å². The number of para-hydroxylation sites is 2. The molecular formula is C20H17N3O5S. The molecule has 0 aromatic heterocycles.